The van der Waals surface area contributed by atoms with Crippen LogP contribution >= 0.6 is 0 Å². The first-order chi connectivity index (χ1) is 6.25. The van der Waals surface area contributed by atoms with Gasteiger partial charge < -0.3 is 4.74 Å². The second kappa shape index (κ2) is 2.48. The average molecular weight is 176 g/mol. The third-order valence-corrected chi connectivity index (χ3v) is 3.72. The van der Waals surface area contributed by atoms with Gasteiger partial charge in [-0.25, -0.2) is 0 Å². The highest BCUT2D eigenvalue weighted by atomic mass is 16.5. The predicted molar refractivity (Wildman–Crippen MR) is 52.3 cm³/mol. The summed E-state index contributed by atoms with van der Waals surface area (Å²) >= 11 is 0. The minimum absolute atomic E-state index is 0.409. The van der Waals surface area contributed by atoms with Crippen LogP contribution in [0.15, 0.2) is 23.8 Å². The van der Waals surface area contributed by atoms with Crippen molar-refractivity contribution in [3.8, 4) is 0 Å². The number of hydrogen-bond acceptors (Lipinski definition) is 1. The summed E-state index contributed by atoms with van der Waals surface area (Å²) in [6, 6.07) is 0. The highest BCUT2D eigenvalue weighted by molar-refractivity contribution is 5.28. The van der Waals surface area contributed by atoms with E-state index in [1.54, 1.807) is 5.57 Å². The summed E-state index contributed by atoms with van der Waals surface area (Å²) < 4.78 is 5.81. The highest BCUT2D eigenvalue weighted by Gasteiger charge is 2.47. The fourth-order valence-corrected chi connectivity index (χ4v) is 2.90. The van der Waals surface area contributed by atoms with Crippen molar-refractivity contribution in [1.29, 1.82) is 0 Å². The van der Waals surface area contributed by atoms with Gasteiger partial charge in [-0.3, -0.25) is 0 Å². The molecule has 4 atom stereocenters. The molecule has 0 spiro atoms. The lowest BCUT2D eigenvalue weighted by Crippen LogP contribution is -2.18. The van der Waals surface area contributed by atoms with E-state index in [9.17, 15) is 0 Å². The molecule has 2 aliphatic heterocycles. The molecule has 1 fully saturated rings. The Hall–Kier alpha value is -0.560. The molecule has 13 heavy (non-hydrogen) atoms. The molecule has 0 aromatic rings. The van der Waals surface area contributed by atoms with E-state index >= 15 is 0 Å². The van der Waals surface area contributed by atoms with E-state index in [1.807, 2.05) is 0 Å². The van der Waals surface area contributed by atoms with Gasteiger partial charge in [0, 0.05) is 11.8 Å². The Labute approximate surface area is 79.5 Å². The molecule has 2 bridgehead atoms. The maximum absolute atomic E-state index is 5.81. The fourth-order valence-electron chi connectivity index (χ4n) is 2.90. The van der Waals surface area contributed by atoms with Crippen molar-refractivity contribution in [1.82, 2.24) is 0 Å². The standard InChI is InChI=1S/C12H16O/c1-7(2)8-5-9-10(6-8)12-4-3-11(9)13-12/h3-5,7,9-12H,6H2,1-2H3. The average Bonchev–Trinajstić information content (AvgIpc) is 2.76. The maximum Gasteiger partial charge on any atom is 0.0831 e. The van der Waals surface area contributed by atoms with Crippen LogP contribution in [0.2, 0.25) is 0 Å². The second-order valence-corrected chi connectivity index (χ2v) is 4.79. The zero-order valence-electron chi connectivity index (χ0n) is 8.23. The molecule has 0 saturated carbocycles. The molecule has 1 saturated heterocycles. The molecular weight excluding hydrogens is 160 g/mol. The number of hydrogen-bond donors (Lipinski definition) is 0. The van der Waals surface area contributed by atoms with Crippen LogP contribution in [0.3, 0.4) is 0 Å². The zero-order chi connectivity index (χ0) is 9.00. The monoisotopic (exact) mass is 176 g/mol. The number of fused-ring (bicyclic) bond motifs is 5. The summed E-state index contributed by atoms with van der Waals surface area (Å²) in [6.45, 7) is 4.59. The van der Waals surface area contributed by atoms with Crippen LogP contribution in [-0.4, -0.2) is 12.2 Å². The van der Waals surface area contributed by atoms with E-state index in [2.05, 4.69) is 32.1 Å². The van der Waals surface area contributed by atoms with Gasteiger partial charge in [-0.2, -0.15) is 0 Å². The Morgan fingerprint density at radius 2 is 2.08 bits per heavy atom. The smallest absolute Gasteiger partial charge is 0.0831 e. The first kappa shape index (κ1) is 7.81. The van der Waals surface area contributed by atoms with Crippen molar-refractivity contribution >= 4 is 0 Å². The number of ether oxygens (including phenoxy) is 1. The highest BCUT2D eigenvalue weighted by Crippen LogP contribution is 2.48. The summed E-state index contributed by atoms with van der Waals surface area (Å²) in [6.07, 6.45) is 9.08. The lowest BCUT2D eigenvalue weighted by Gasteiger charge is -2.15. The molecule has 70 valence electrons. The summed E-state index contributed by atoms with van der Waals surface area (Å²) in [7, 11) is 0. The molecule has 0 amide bonds. The largest absolute Gasteiger partial charge is 0.366 e. The predicted octanol–water partition coefficient (Wildman–Crippen LogP) is 2.54. The van der Waals surface area contributed by atoms with Crippen LogP contribution in [0.5, 0.6) is 0 Å². The minimum Gasteiger partial charge on any atom is -0.366 e. The van der Waals surface area contributed by atoms with Gasteiger partial charge >= 0.3 is 0 Å². The summed E-state index contributed by atoms with van der Waals surface area (Å²) in [4.78, 5) is 0. The molecule has 3 aliphatic rings. The molecule has 0 aromatic carbocycles. The van der Waals surface area contributed by atoms with Gasteiger partial charge in [0.05, 0.1) is 12.2 Å². The molecule has 0 radical (unpaired) electrons. The quantitative estimate of drug-likeness (QED) is 0.558. The van der Waals surface area contributed by atoms with Gasteiger partial charge in [0.25, 0.3) is 0 Å². The lowest BCUT2D eigenvalue weighted by molar-refractivity contribution is 0.104. The van der Waals surface area contributed by atoms with Gasteiger partial charge in [0.2, 0.25) is 0 Å². The van der Waals surface area contributed by atoms with Gasteiger partial charge in [0.1, 0.15) is 0 Å². The first-order valence-electron chi connectivity index (χ1n) is 5.30. The number of rotatable bonds is 1. The van der Waals surface area contributed by atoms with E-state index in [-0.39, 0.29) is 0 Å². The Balaban J connectivity index is 1.88. The van der Waals surface area contributed by atoms with Gasteiger partial charge in [0.15, 0.2) is 0 Å². The van der Waals surface area contributed by atoms with E-state index in [1.165, 1.54) is 6.42 Å². The lowest BCUT2D eigenvalue weighted by atomic mass is 9.85. The fraction of sp³-hybridized carbons (Fsp3) is 0.667. The molecule has 1 heteroatoms. The van der Waals surface area contributed by atoms with Crippen molar-refractivity contribution in [2.24, 2.45) is 17.8 Å². The normalized spacial score (nSPS) is 45.9. The second-order valence-electron chi connectivity index (χ2n) is 4.79. The van der Waals surface area contributed by atoms with Gasteiger partial charge in [-0.1, -0.05) is 37.6 Å². The van der Waals surface area contributed by atoms with E-state index in [0.717, 1.165) is 11.8 Å². The van der Waals surface area contributed by atoms with Crippen molar-refractivity contribution < 1.29 is 4.74 Å². The Bertz CT molecular complexity index is 287. The molecule has 4 unspecified atom stereocenters. The van der Waals surface area contributed by atoms with Crippen LogP contribution < -0.4 is 0 Å². The molecule has 1 aliphatic carbocycles. The van der Waals surface area contributed by atoms with Crippen LogP contribution in [-0.2, 0) is 4.74 Å². The molecule has 2 heterocycles. The first-order valence-corrected chi connectivity index (χ1v) is 5.30. The topological polar surface area (TPSA) is 9.23 Å². The molecule has 0 aromatic heterocycles. The minimum atomic E-state index is 0.409. The molecule has 3 rings (SSSR count). The van der Waals surface area contributed by atoms with Crippen molar-refractivity contribution in [3.63, 3.8) is 0 Å². The summed E-state index contributed by atoms with van der Waals surface area (Å²) in [5.74, 6) is 2.20. The molecule has 0 N–H and O–H groups in total. The summed E-state index contributed by atoms with van der Waals surface area (Å²) in [5, 5.41) is 0. The van der Waals surface area contributed by atoms with Gasteiger partial charge in [-0.15, -0.1) is 0 Å². The molecule has 1 nitrogen and oxygen atoms in total. The van der Waals surface area contributed by atoms with E-state index in [0.29, 0.717) is 18.1 Å². The SMILES string of the molecule is CC(C)C1=CC2C3C=CC(O3)C2C1. The van der Waals surface area contributed by atoms with E-state index < -0.39 is 0 Å². The van der Waals surface area contributed by atoms with Crippen molar-refractivity contribution in [2.45, 2.75) is 32.5 Å². The Kier molecular flexibility index (Phi) is 1.49. The van der Waals surface area contributed by atoms with Crippen LogP contribution in [0.1, 0.15) is 20.3 Å². The Morgan fingerprint density at radius 1 is 1.31 bits per heavy atom. The van der Waals surface area contributed by atoms with Crippen LogP contribution in [0, 0.1) is 17.8 Å². The summed E-state index contributed by atoms with van der Waals surface area (Å²) in [5.41, 5.74) is 1.65. The maximum atomic E-state index is 5.81. The Morgan fingerprint density at radius 3 is 2.77 bits per heavy atom. The van der Waals surface area contributed by atoms with Crippen molar-refractivity contribution in [2.75, 3.05) is 0 Å². The zero-order valence-corrected chi connectivity index (χ0v) is 8.23. The third kappa shape index (κ3) is 0.969. The van der Waals surface area contributed by atoms with E-state index in [4.69, 9.17) is 4.74 Å². The number of allylic oxidation sites excluding steroid dienone is 1. The van der Waals surface area contributed by atoms with Crippen LogP contribution in [0.4, 0.5) is 0 Å². The van der Waals surface area contributed by atoms with Crippen molar-refractivity contribution in [3.05, 3.63) is 23.8 Å². The molecular formula is C12H16O. The third-order valence-electron chi connectivity index (χ3n) is 3.72. The van der Waals surface area contributed by atoms with Crippen LogP contribution in [0.25, 0.3) is 0 Å². The van der Waals surface area contributed by atoms with Gasteiger partial charge in [-0.05, 0) is 12.3 Å².